The molecule has 2 aromatic rings. The molecule has 0 radical (unpaired) electrons. The van der Waals surface area contributed by atoms with Crippen LogP contribution in [0.4, 0.5) is 0 Å². The van der Waals surface area contributed by atoms with Gasteiger partial charge in [-0.1, -0.05) is 36.4 Å². The fourth-order valence-electron chi connectivity index (χ4n) is 7.68. The van der Waals surface area contributed by atoms with E-state index in [-0.39, 0.29) is 19.4 Å². The molecule has 11 atom stereocenters. The van der Waals surface area contributed by atoms with Crippen LogP contribution in [0.15, 0.2) is 60.7 Å². The van der Waals surface area contributed by atoms with E-state index in [0.717, 1.165) is 0 Å². The van der Waals surface area contributed by atoms with Gasteiger partial charge in [0.1, 0.15) is 48.8 Å². The summed E-state index contributed by atoms with van der Waals surface area (Å²) in [5.74, 6) is -3.25. The normalized spacial score (nSPS) is 44.5. The van der Waals surface area contributed by atoms with Crippen molar-refractivity contribution in [1.82, 2.24) is 0 Å². The average Bonchev–Trinajstić information content (AvgIpc) is 3.18. The van der Waals surface area contributed by atoms with Gasteiger partial charge in [0.2, 0.25) is 0 Å². The molecule has 42 heavy (non-hydrogen) atoms. The molecule has 3 saturated carbocycles. The van der Waals surface area contributed by atoms with E-state index in [0.29, 0.717) is 11.1 Å². The monoisotopic (exact) mass is 584 g/mol. The maximum Gasteiger partial charge on any atom is 0.338 e. The lowest BCUT2D eigenvalue weighted by molar-refractivity contribution is -0.424. The lowest BCUT2D eigenvalue weighted by Crippen LogP contribution is -2.80. The third-order valence-electron chi connectivity index (χ3n) is 9.78. The maximum atomic E-state index is 12.9. The van der Waals surface area contributed by atoms with Gasteiger partial charge < -0.3 is 48.8 Å². The van der Waals surface area contributed by atoms with E-state index in [1.165, 1.54) is 0 Å². The molecule has 12 heteroatoms. The van der Waals surface area contributed by atoms with Crippen molar-refractivity contribution in [2.75, 3.05) is 13.2 Å². The smallest absolute Gasteiger partial charge is 0.338 e. The highest BCUT2D eigenvalue weighted by Crippen LogP contribution is 2.81. The number of aliphatic hydroxyl groups is 4. The van der Waals surface area contributed by atoms with Crippen LogP contribution >= 0.6 is 0 Å². The van der Waals surface area contributed by atoms with Gasteiger partial charge in [-0.3, -0.25) is 0 Å². The van der Waals surface area contributed by atoms with Crippen LogP contribution in [-0.2, 0) is 28.4 Å². The van der Waals surface area contributed by atoms with Gasteiger partial charge in [0.25, 0.3) is 0 Å². The van der Waals surface area contributed by atoms with Gasteiger partial charge in [-0.2, -0.15) is 0 Å². The molecule has 4 heterocycles. The summed E-state index contributed by atoms with van der Waals surface area (Å²) in [6.07, 6.45) is -8.34. The molecule has 3 aliphatic carbocycles. The largest absolute Gasteiger partial charge is 0.461 e. The highest BCUT2D eigenvalue weighted by molar-refractivity contribution is 5.89. The van der Waals surface area contributed by atoms with E-state index in [2.05, 4.69) is 0 Å². The van der Waals surface area contributed by atoms with E-state index in [1.807, 2.05) is 0 Å². The number of hydrogen-bond donors (Lipinski definition) is 4. The molecule has 4 aliphatic heterocycles. The van der Waals surface area contributed by atoms with Crippen molar-refractivity contribution in [3.8, 4) is 0 Å². The highest BCUT2D eigenvalue weighted by Gasteiger charge is 2.94. The van der Waals surface area contributed by atoms with Crippen LogP contribution in [-0.4, -0.2) is 99.6 Å². The van der Waals surface area contributed by atoms with Crippen LogP contribution in [0.1, 0.15) is 40.5 Å². The summed E-state index contributed by atoms with van der Waals surface area (Å²) < 4.78 is 35.7. The molecule has 9 rings (SSSR count). The summed E-state index contributed by atoms with van der Waals surface area (Å²) in [4.78, 5) is 25.4. The summed E-state index contributed by atoms with van der Waals surface area (Å²) in [5, 5.41) is 43.6. The molecule has 2 aromatic carbocycles. The minimum atomic E-state index is -1.69. The summed E-state index contributed by atoms with van der Waals surface area (Å²) in [6, 6.07) is 16.7. The van der Waals surface area contributed by atoms with Crippen LogP contribution in [0.2, 0.25) is 0 Å². The van der Waals surface area contributed by atoms with Crippen LogP contribution in [0, 0.1) is 11.3 Å². The van der Waals surface area contributed by atoms with Crippen molar-refractivity contribution >= 4 is 11.9 Å². The second-order valence-electron chi connectivity index (χ2n) is 12.0. The number of carbonyl (C=O) groups excluding carboxylic acids is 2. The van der Waals surface area contributed by atoms with Crippen LogP contribution in [0.5, 0.6) is 0 Å². The highest BCUT2D eigenvalue weighted by atomic mass is 16.8. The Kier molecular flexibility index (Phi) is 6.32. The van der Waals surface area contributed by atoms with E-state index in [1.54, 1.807) is 67.6 Å². The molecular formula is C30H32O12. The molecule has 0 unspecified atom stereocenters. The van der Waals surface area contributed by atoms with Gasteiger partial charge in [0.15, 0.2) is 18.4 Å². The Bertz CT molecular complexity index is 1370. The number of esters is 2. The van der Waals surface area contributed by atoms with Crippen LogP contribution in [0.3, 0.4) is 0 Å². The second kappa shape index (κ2) is 9.53. The molecule has 6 bridgehead atoms. The van der Waals surface area contributed by atoms with Gasteiger partial charge in [-0.05, 0) is 37.6 Å². The maximum absolute atomic E-state index is 12.9. The number of carbonyl (C=O) groups is 2. The zero-order chi connectivity index (χ0) is 29.5. The van der Waals surface area contributed by atoms with Gasteiger partial charge in [0, 0.05) is 12.3 Å². The molecule has 7 fully saturated rings. The van der Waals surface area contributed by atoms with Gasteiger partial charge in [-0.15, -0.1) is 0 Å². The molecular weight excluding hydrogens is 552 g/mol. The lowest BCUT2D eigenvalue weighted by Gasteiger charge is -2.67. The zero-order valence-corrected chi connectivity index (χ0v) is 22.7. The minimum Gasteiger partial charge on any atom is -0.461 e. The summed E-state index contributed by atoms with van der Waals surface area (Å²) >= 11 is 0. The standard InChI is InChI=1S/C30H32O12/c1-27-14-29(36)19-12-30(27,28(19,26(41-27)42-29)15-38-24(35)17-10-6-3-7-11-17)40-25-22(33)21(32)20(31)18(39-25)13-37-23(34)16-8-4-2-5-9-16/h2-11,18-22,25-26,31-33,36H,12-15H2,1H3/t18-,19+,20-,21+,22-,25-,26+,27-,28+,29+,30-/m1/s1. The Hall–Kier alpha value is -2.94. The van der Waals surface area contributed by atoms with Crippen molar-refractivity contribution in [3.63, 3.8) is 0 Å². The fraction of sp³-hybridized carbons (Fsp3) is 0.533. The first-order valence-electron chi connectivity index (χ1n) is 13.9. The van der Waals surface area contributed by atoms with Crippen LogP contribution < -0.4 is 0 Å². The van der Waals surface area contributed by atoms with Crippen molar-refractivity contribution in [2.24, 2.45) is 11.3 Å². The molecule has 0 aromatic heterocycles. The van der Waals surface area contributed by atoms with Gasteiger partial charge in [0.05, 0.1) is 16.5 Å². The lowest BCUT2D eigenvalue weighted by atomic mass is 9.41. The zero-order valence-electron chi connectivity index (χ0n) is 22.7. The molecule has 4 N–H and O–H groups in total. The average molecular weight is 585 g/mol. The van der Waals surface area contributed by atoms with E-state index in [4.69, 9.17) is 28.4 Å². The molecule has 4 saturated heterocycles. The van der Waals surface area contributed by atoms with E-state index in [9.17, 15) is 30.0 Å². The van der Waals surface area contributed by atoms with Crippen molar-refractivity contribution < 1.29 is 58.4 Å². The summed E-state index contributed by atoms with van der Waals surface area (Å²) in [5.41, 5.74) is -2.88. The van der Waals surface area contributed by atoms with Gasteiger partial charge in [-0.25, -0.2) is 9.59 Å². The van der Waals surface area contributed by atoms with Crippen molar-refractivity contribution in [2.45, 2.75) is 73.8 Å². The Balaban J connectivity index is 1.13. The summed E-state index contributed by atoms with van der Waals surface area (Å²) in [6.45, 7) is 1.12. The number of ether oxygens (including phenoxy) is 6. The van der Waals surface area contributed by atoms with Crippen LogP contribution in [0.25, 0.3) is 0 Å². The van der Waals surface area contributed by atoms with Gasteiger partial charge >= 0.3 is 11.9 Å². The molecule has 0 amide bonds. The van der Waals surface area contributed by atoms with Crippen molar-refractivity contribution in [1.29, 1.82) is 0 Å². The summed E-state index contributed by atoms with van der Waals surface area (Å²) in [7, 11) is 0. The third-order valence-corrected chi connectivity index (χ3v) is 9.78. The SMILES string of the molecule is C[C@]12C[C@]3(O)O[C@H](O1)[C@]1(COC(=O)c4ccccc4)[C@@H]3C[C@]12O[C@H]1O[C@H](COC(=O)c2ccccc2)[C@@H](O)[C@H](O)[C@H]1O. The first-order valence-corrected chi connectivity index (χ1v) is 13.9. The Morgan fingerprint density at radius 3 is 2.14 bits per heavy atom. The quantitative estimate of drug-likeness (QED) is 0.318. The van der Waals surface area contributed by atoms with Crippen molar-refractivity contribution in [3.05, 3.63) is 71.8 Å². The Morgan fingerprint density at radius 2 is 1.50 bits per heavy atom. The number of hydrogen-bond acceptors (Lipinski definition) is 12. The molecule has 0 spiro atoms. The third kappa shape index (κ3) is 3.70. The topological polar surface area (TPSA) is 170 Å². The van der Waals surface area contributed by atoms with E-state index < -0.39 is 83.9 Å². The number of aliphatic hydroxyl groups excluding tert-OH is 3. The Morgan fingerprint density at radius 1 is 0.881 bits per heavy atom. The predicted octanol–water partition coefficient (Wildman–Crippen LogP) is 0.507. The first-order chi connectivity index (χ1) is 20.0. The predicted molar refractivity (Wildman–Crippen MR) is 138 cm³/mol. The fourth-order valence-corrected chi connectivity index (χ4v) is 7.68. The number of benzene rings is 2. The molecule has 7 aliphatic rings. The number of rotatable bonds is 8. The second-order valence-corrected chi connectivity index (χ2v) is 12.0. The first kappa shape index (κ1) is 27.9. The molecule has 12 nitrogen and oxygen atoms in total. The Labute approximate surface area is 240 Å². The van der Waals surface area contributed by atoms with E-state index >= 15 is 0 Å². The molecule has 224 valence electrons. The minimum absolute atomic E-state index is 0.0572.